The van der Waals surface area contributed by atoms with Crippen molar-refractivity contribution < 1.29 is 8.88 Å². The molecule has 35 heavy (non-hydrogen) atoms. The molecule has 0 fully saturated rings. The van der Waals surface area contributed by atoms with E-state index in [4.69, 9.17) is 4.31 Å². The summed E-state index contributed by atoms with van der Waals surface area (Å²) < 4.78 is 22.5. The molecular formula is C31H52O2P2. The van der Waals surface area contributed by atoms with E-state index in [0.717, 1.165) is 29.1 Å². The maximum absolute atomic E-state index is 15.1. The first-order chi connectivity index (χ1) is 16.9. The summed E-state index contributed by atoms with van der Waals surface area (Å²) in [5.74, 6) is 0. The van der Waals surface area contributed by atoms with Gasteiger partial charge in [-0.25, -0.2) is 0 Å². The Morgan fingerprint density at radius 2 is 0.914 bits per heavy atom. The van der Waals surface area contributed by atoms with Crippen molar-refractivity contribution in [2.75, 3.05) is 25.2 Å². The van der Waals surface area contributed by atoms with Gasteiger partial charge in [0, 0.05) is 0 Å². The molecule has 0 radical (unpaired) electrons. The standard InChI is InChI=1S/C31H52O2P2/c1-5-8-11-20-27-35(4,28-21-12-9-6-2,29-22-13-10-7-3)33-34(32,30-23-16-14-17-24-30)31-25-18-15-19-26-31/h14-19,23-26H,5-13,20-22,27-29H2,1-4H3. The Bertz CT molecular complexity index is 789. The van der Waals surface area contributed by atoms with Gasteiger partial charge in [-0.05, 0) is 0 Å². The van der Waals surface area contributed by atoms with Gasteiger partial charge >= 0.3 is 217 Å². The fraction of sp³-hybridized carbons (Fsp3) is 0.613. The van der Waals surface area contributed by atoms with Crippen LogP contribution in [0.5, 0.6) is 0 Å². The van der Waals surface area contributed by atoms with E-state index in [-0.39, 0.29) is 0 Å². The second-order valence-electron chi connectivity index (χ2n) is 10.8. The Labute approximate surface area is 217 Å². The predicted molar refractivity (Wildman–Crippen MR) is 161 cm³/mol. The van der Waals surface area contributed by atoms with Gasteiger partial charge in [-0.3, -0.25) is 0 Å². The van der Waals surface area contributed by atoms with Crippen molar-refractivity contribution in [3.8, 4) is 0 Å². The van der Waals surface area contributed by atoms with Crippen molar-refractivity contribution in [3.63, 3.8) is 0 Å². The molecule has 0 aliphatic heterocycles. The van der Waals surface area contributed by atoms with Crippen LogP contribution in [0.1, 0.15) is 97.8 Å². The van der Waals surface area contributed by atoms with Gasteiger partial charge in [0.2, 0.25) is 0 Å². The molecule has 4 heteroatoms. The molecule has 0 unspecified atom stereocenters. The van der Waals surface area contributed by atoms with E-state index in [1.165, 1.54) is 77.0 Å². The second-order valence-corrected chi connectivity index (χ2v) is 19.4. The first kappa shape index (κ1) is 30.3. The Hall–Kier alpha value is -0.940. The fourth-order valence-electron chi connectivity index (χ4n) is 5.26. The van der Waals surface area contributed by atoms with Crippen LogP contribution in [0, 0.1) is 0 Å². The van der Waals surface area contributed by atoms with E-state index in [1.807, 2.05) is 60.7 Å². The third-order valence-electron chi connectivity index (χ3n) is 7.49. The van der Waals surface area contributed by atoms with Gasteiger partial charge in [0.15, 0.2) is 0 Å². The van der Waals surface area contributed by atoms with Gasteiger partial charge in [-0.2, -0.15) is 0 Å². The summed E-state index contributed by atoms with van der Waals surface area (Å²) in [5.41, 5.74) is 0. The molecule has 2 aromatic carbocycles. The third-order valence-corrected chi connectivity index (χ3v) is 17.1. The predicted octanol–water partition coefficient (Wildman–Crippen LogP) is 9.77. The molecule has 0 amide bonds. The minimum absolute atomic E-state index is 0.845. The number of hydrogen-bond acceptors (Lipinski definition) is 2. The summed E-state index contributed by atoms with van der Waals surface area (Å²) in [5, 5.41) is 1.69. The van der Waals surface area contributed by atoms with Crippen molar-refractivity contribution in [1.82, 2.24) is 0 Å². The molecule has 0 heterocycles. The van der Waals surface area contributed by atoms with Gasteiger partial charge in [0.1, 0.15) is 0 Å². The van der Waals surface area contributed by atoms with Crippen LogP contribution in [-0.4, -0.2) is 25.2 Å². The molecule has 0 saturated heterocycles. The first-order valence-corrected chi connectivity index (χ1v) is 19.1. The quantitative estimate of drug-likeness (QED) is 0.137. The van der Waals surface area contributed by atoms with E-state index in [2.05, 4.69) is 27.4 Å². The molecule has 0 aromatic heterocycles. The van der Waals surface area contributed by atoms with E-state index in [1.54, 1.807) is 0 Å². The zero-order valence-corrected chi connectivity index (χ0v) is 24.9. The number of hydrogen-bond donors (Lipinski definition) is 0. The molecule has 198 valence electrons. The molecular weight excluding hydrogens is 466 g/mol. The molecule has 0 spiro atoms. The summed E-state index contributed by atoms with van der Waals surface area (Å²) in [6, 6.07) is 20.1. The number of rotatable bonds is 19. The van der Waals surface area contributed by atoms with Gasteiger partial charge < -0.3 is 0 Å². The van der Waals surface area contributed by atoms with Crippen LogP contribution in [0.4, 0.5) is 0 Å². The zero-order chi connectivity index (χ0) is 25.5. The van der Waals surface area contributed by atoms with E-state index < -0.39 is 14.2 Å². The molecule has 0 aliphatic carbocycles. The number of benzene rings is 2. The van der Waals surface area contributed by atoms with E-state index in [9.17, 15) is 0 Å². The van der Waals surface area contributed by atoms with Crippen molar-refractivity contribution in [2.24, 2.45) is 0 Å². The second kappa shape index (κ2) is 15.3. The molecule has 0 saturated carbocycles. The van der Waals surface area contributed by atoms with Crippen LogP contribution in [-0.2, 0) is 8.88 Å². The van der Waals surface area contributed by atoms with Crippen LogP contribution in [0.15, 0.2) is 60.7 Å². The monoisotopic (exact) mass is 518 g/mol. The van der Waals surface area contributed by atoms with Crippen LogP contribution in [0.25, 0.3) is 0 Å². The van der Waals surface area contributed by atoms with Crippen molar-refractivity contribution in [3.05, 3.63) is 60.7 Å². The molecule has 2 rings (SSSR count). The zero-order valence-electron chi connectivity index (χ0n) is 23.1. The maximum atomic E-state index is 15.1. The van der Waals surface area contributed by atoms with Crippen LogP contribution < -0.4 is 10.6 Å². The Morgan fingerprint density at radius 3 is 1.23 bits per heavy atom. The minimum atomic E-state index is -3.22. The summed E-state index contributed by atoms with van der Waals surface area (Å²) in [6.07, 6.45) is 18.1. The Balaban J connectivity index is 2.52. The number of unbranched alkanes of at least 4 members (excludes halogenated alkanes) is 9. The van der Waals surface area contributed by atoms with Gasteiger partial charge in [0.05, 0.1) is 0 Å². The Morgan fingerprint density at radius 1 is 0.571 bits per heavy atom. The van der Waals surface area contributed by atoms with Crippen LogP contribution in [0.2, 0.25) is 0 Å². The Kier molecular flexibility index (Phi) is 13.3. The molecule has 0 bridgehead atoms. The third kappa shape index (κ3) is 9.46. The van der Waals surface area contributed by atoms with Gasteiger partial charge in [0.25, 0.3) is 0 Å². The summed E-state index contributed by atoms with van der Waals surface area (Å²) in [6.45, 7) is 6.57. The van der Waals surface area contributed by atoms with E-state index >= 15 is 4.57 Å². The summed E-state index contributed by atoms with van der Waals surface area (Å²) in [4.78, 5) is 0. The SMILES string of the molecule is CCCCCCP(C)(CCCCCC)(CCCCCC)OP(=O)(c1ccccc1)c1ccccc1. The average Bonchev–Trinajstić information content (AvgIpc) is 2.89. The van der Waals surface area contributed by atoms with Gasteiger partial charge in [-0.1, -0.05) is 0 Å². The molecule has 0 aliphatic rings. The fourth-order valence-corrected chi connectivity index (χ4v) is 15.3. The molecule has 0 atom stereocenters. The molecule has 2 nitrogen and oxygen atoms in total. The van der Waals surface area contributed by atoms with Crippen molar-refractivity contribution in [2.45, 2.75) is 97.8 Å². The summed E-state index contributed by atoms with van der Waals surface area (Å²) in [7, 11) is -3.22. The van der Waals surface area contributed by atoms with E-state index in [0.29, 0.717) is 0 Å². The average molecular weight is 519 g/mol. The first-order valence-electron chi connectivity index (χ1n) is 14.3. The van der Waals surface area contributed by atoms with Crippen molar-refractivity contribution in [1.29, 1.82) is 0 Å². The van der Waals surface area contributed by atoms with Crippen molar-refractivity contribution >= 4 is 24.8 Å². The molecule has 0 N–H and O–H groups in total. The molecule has 2 aromatic rings. The summed E-state index contributed by atoms with van der Waals surface area (Å²) >= 11 is 0. The van der Waals surface area contributed by atoms with Gasteiger partial charge in [-0.15, -0.1) is 0 Å². The van der Waals surface area contributed by atoms with Crippen LogP contribution in [0.3, 0.4) is 0 Å². The normalized spacial score (nSPS) is 13.4. The topological polar surface area (TPSA) is 26.3 Å². The van der Waals surface area contributed by atoms with Crippen LogP contribution >= 0.6 is 14.2 Å².